The topological polar surface area (TPSA) is 113 Å². The van der Waals surface area contributed by atoms with E-state index in [1.165, 1.54) is 0 Å². The average molecular weight is 496 g/mol. The quantitative estimate of drug-likeness (QED) is 0.444. The number of nitrogen functional groups attached to an aromatic ring is 1. The minimum atomic E-state index is -4.69. The number of aliphatic hydroxyl groups is 1. The largest absolute Gasteiger partial charge is 0.417 e. The molecule has 1 aliphatic rings. The molecular weight excluding hydrogens is 478 g/mol. The van der Waals surface area contributed by atoms with Crippen molar-refractivity contribution >= 4 is 38.9 Å². The van der Waals surface area contributed by atoms with E-state index in [1.54, 1.807) is 0 Å². The Bertz CT molecular complexity index is 1150. The number of amides is 1. The molecule has 0 spiro atoms. The molecule has 1 heterocycles. The third-order valence-corrected chi connectivity index (χ3v) is 7.15. The highest BCUT2D eigenvalue weighted by molar-refractivity contribution is 7.89. The average Bonchev–Trinajstić information content (AvgIpc) is 2.67. The predicted molar refractivity (Wildman–Crippen MR) is 109 cm³/mol. The molecule has 0 bridgehead atoms. The summed E-state index contributed by atoms with van der Waals surface area (Å²) in [4.78, 5) is 11.8. The van der Waals surface area contributed by atoms with Crippen LogP contribution in [0.15, 0.2) is 35.2 Å². The molecule has 3 rings (SSSR count). The maximum absolute atomic E-state index is 14.5. The standard InChI is InChI=1S/C19H18ClF4N3O4S/c20-14-7-10(1-2-13(14)19(22,23)24)26-18(29)12-8-17(15(21)9-16(12)25)32(30,31)27-5-3-11(28)4-6-27/h1-2,7-9,11,28H,3-6,25H2,(H,26,29). The summed E-state index contributed by atoms with van der Waals surface area (Å²) in [5.41, 5.74) is 3.71. The minimum Gasteiger partial charge on any atom is -0.398 e. The van der Waals surface area contributed by atoms with E-state index >= 15 is 0 Å². The molecule has 0 atom stereocenters. The maximum Gasteiger partial charge on any atom is 0.417 e. The van der Waals surface area contributed by atoms with Crippen LogP contribution >= 0.6 is 11.6 Å². The van der Waals surface area contributed by atoms with E-state index in [0.717, 1.165) is 22.5 Å². The van der Waals surface area contributed by atoms with Crippen molar-refractivity contribution in [2.24, 2.45) is 0 Å². The predicted octanol–water partition coefficient (Wildman–Crippen LogP) is 3.48. The second-order valence-corrected chi connectivity index (χ2v) is 9.47. The van der Waals surface area contributed by atoms with Crippen molar-refractivity contribution in [3.63, 3.8) is 0 Å². The lowest BCUT2D eigenvalue weighted by molar-refractivity contribution is -0.137. The zero-order chi connectivity index (χ0) is 23.8. The number of alkyl halides is 3. The summed E-state index contributed by atoms with van der Waals surface area (Å²) in [6.45, 7) is -0.0577. The summed E-state index contributed by atoms with van der Waals surface area (Å²) in [6, 6.07) is 3.96. The van der Waals surface area contributed by atoms with Crippen molar-refractivity contribution < 1.29 is 35.9 Å². The number of hydrogen-bond donors (Lipinski definition) is 3. The first kappa shape index (κ1) is 24.2. The Morgan fingerprint density at radius 1 is 1.19 bits per heavy atom. The molecule has 4 N–H and O–H groups in total. The molecular formula is C19H18ClF4N3O4S. The van der Waals surface area contributed by atoms with E-state index in [9.17, 15) is 35.9 Å². The van der Waals surface area contributed by atoms with Gasteiger partial charge < -0.3 is 16.2 Å². The number of carbonyl (C=O) groups is 1. The third kappa shape index (κ3) is 4.98. The van der Waals surface area contributed by atoms with Gasteiger partial charge in [0, 0.05) is 24.5 Å². The second kappa shape index (κ2) is 8.85. The van der Waals surface area contributed by atoms with Gasteiger partial charge in [-0.05, 0) is 43.2 Å². The van der Waals surface area contributed by atoms with Gasteiger partial charge in [-0.3, -0.25) is 4.79 Å². The number of piperidine rings is 1. The number of benzene rings is 2. The highest BCUT2D eigenvalue weighted by Gasteiger charge is 2.34. The first-order chi connectivity index (χ1) is 14.8. The molecule has 0 aliphatic carbocycles. The Kier molecular flexibility index (Phi) is 6.70. The van der Waals surface area contributed by atoms with Crippen molar-refractivity contribution in [3.8, 4) is 0 Å². The Hall–Kier alpha value is -2.41. The molecule has 0 radical (unpaired) electrons. The normalized spacial score (nSPS) is 16.2. The van der Waals surface area contributed by atoms with Crippen LogP contribution in [0.5, 0.6) is 0 Å². The fourth-order valence-corrected chi connectivity index (χ4v) is 5.04. The molecule has 1 aliphatic heterocycles. The molecule has 2 aromatic carbocycles. The Labute approximate surface area is 185 Å². The highest BCUT2D eigenvalue weighted by Crippen LogP contribution is 2.36. The monoisotopic (exact) mass is 495 g/mol. The number of carbonyl (C=O) groups excluding carboxylic acids is 1. The number of sulfonamides is 1. The van der Waals surface area contributed by atoms with Crippen LogP contribution in [-0.2, 0) is 16.2 Å². The van der Waals surface area contributed by atoms with Crippen molar-refractivity contribution in [2.75, 3.05) is 24.1 Å². The van der Waals surface area contributed by atoms with Crippen molar-refractivity contribution in [1.29, 1.82) is 0 Å². The lowest BCUT2D eigenvalue weighted by Gasteiger charge is -2.29. The van der Waals surface area contributed by atoms with E-state index in [4.69, 9.17) is 17.3 Å². The summed E-state index contributed by atoms with van der Waals surface area (Å²) < 4.78 is 79.6. The van der Waals surface area contributed by atoms with Crippen LogP contribution in [0.3, 0.4) is 0 Å². The lowest BCUT2D eigenvalue weighted by atomic mass is 10.1. The number of halogens is 5. The smallest absolute Gasteiger partial charge is 0.398 e. The molecule has 13 heteroatoms. The fraction of sp³-hybridized carbons (Fsp3) is 0.316. The molecule has 1 fully saturated rings. The van der Waals surface area contributed by atoms with Crippen LogP contribution in [0.4, 0.5) is 28.9 Å². The summed E-state index contributed by atoms with van der Waals surface area (Å²) in [5.74, 6) is -2.13. The van der Waals surface area contributed by atoms with Gasteiger partial charge in [0.2, 0.25) is 10.0 Å². The van der Waals surface area contributed by atoms with Gasteiger partial charge in [0.15, 0.2) is 0 Å². The van der Waals surface area contributed by atoms with Gasteiger partial charge in [0.25, 0.3) is 5.91 Å². The second-order valence-electron chi connectivity index (χ2n) is 7.15. The maximum atomic E-state index is 14.5. The molecule has 2 aromatic rings. The lowest BCUT2D eigenvalue weighted by Crippen LogP contribution is -2.40. The SMILES string of the molecule is Nc1cc(F)c(S(=O)(=O)N2CCC(O)CC2)cc1C(=O)Nc1ccc(C(F)(F)F)c(Cl)c1. The summed E-state index contributed by atoms with van der Waals surface area (Å²) in [5, 5.41) is 11.2. The molecule has 7 nitrogen and oxygen atoms in total. The molecule has 1 amide bonds. The molecule has 174 valence electrons. The van der Waals surface area contributed by atoms with Gasteiger partial charge in [-0.15, -0.1) is 0 Å². The molecule has 0 saturated carbocycles. The first-order valence-corrected chi connectivity index (χ1v) is 11.1. The van der Waals surface area contributed by atoms with Crippen LogP contribution in [0.25, 0.3) is 0 Å². The van der Waals surface area contributed by atoms with Crippen LogP contribution in [0, 0.1) is 5.82 Å². The number of nitrogens with one attached hydrogen (secondary N) is 1. The summed E-state index contributed by atoms with van der Waals surface area (Å²) in [7, 11) is -4.32. The zero-order valence-electron chi connectivity index (χ0n) is 16.3. The van der Waals surface area contributed by atoms with Gasteiger partial charge in [0.05, 0.1) is 22.3 Å². The van der Waals surface area contributed by atoms with Gasteiger partial charge in [-0.25, -0.2) is 12.8 Å². The number of anilines is 2. The van der Waals surface area contributed by atoms with Gasteiger partial charge in [-0.1, -0.05) is 11.6 Å². The zero-order valence-corrected chi connectivity index (χ0v) is 17.9. The Morgan fingerprint density at radius 3 is 2.38 bits per heavy atom. The van der Waals surface area contributed by atoms with E-state index in [2.05, 4.69) is 5.32 Å². The highest BCUT2D eigenvalue weighted by atomic mass is 35.5. The van der Waals surface area contributed by atoms with E-state index < -0.39 is 55.1 Å². The summed E-state index contributed by atoms with van der Waals surface area (Å²) in [6.07, 6.45) is -4.99. The number of hydrogen-bond acceptors (Lipinski definition) is 5. The van der Waals surface area contributed by atoms with Crippen molar-refractivity contribution in [1.82, 2.24) is 4.31 Å². The first-order valence-electron chi connectivity index (χ1n) is 9.26. The molecule has 0 aromatic heterocycles. The van der Waals surface area contributed by atoms with Crippen LogP contribution in [0.2, 0.25) is 5.02 Å². The number of rotatable bonds is 4. The molecule has 0 unspecified atom stereocenters. The Morgan fingerprint density at radius 2 is 1.81 bits per heavy atom. The van der Waals surface area contributed by atoms with E-state index in [-0.39, 0.29) is 37.3 Å². The van der Waals surface area contributed by atoms with Gasteiger partial charge in [-0.2, -0.15) is 17.5 Å². The van der Waals surface area contributed by atoms with E-state index in [0.29, 0.717) is 12.1 Å². The summed E-state index contributed by atoms with van der Waals surface area (Å²) >= 11 is 5.63. The van der Waals surface area contributed by atoms with Crippen molar-refractivity contribution in [2.45, 2.75) is 30.0 Å². The van der Waals surface area contributed by atoms with Crippen LogP contribution in [-0.4, -0.2) is 42.9 Å². The van der Waals surface area contributed by atoms with Crippen molar-refractivity contribution in [3.05, 3.63) is 52.3 Å². The van der Waals surface area contributed by atoms with Gasteiger partial charge in [0.1, 0.15) is 10.7 Å². The number of aliphatic hydroxyl groups excluding tert-OH is 1. The molecule has 32 heavy (non-hydrogen) atoms. The van der Waals surface area contributed by atoms with Gasteiger partial charge >= 0.3 is 6.18 Å². The third-order valence-electron chi connectivity index (χ3n) is 4.92. The number of nitrogens with zero attached hydrogens (tertiary/aromatic N) is 1. The number of nitrogens with two attached hydrogens (primary N) is 1. The fourth-order valence-electron chi connectivity index (χ4n) is 3.21. The Balaban J connectivity index is 1.90. The van der Waals surface area contributed by atoms with Crippen LogP contribution < -0.4 is 11.1 Å². The molecule has 1 saturated heterocycles. The van der Waals surface area contributed by atoms with Crippen LogP contribution in [0.1, 0.15) is 28.8 Å². The minimum absolute atomic E-state index is 0.0289. The van der Waals surface area contributed by atoms with E-state index in [1.807, 2.05) is 0 Å².